The molecule has 6 heteroatoms. The number of carbonyl (C=O) groups excluding carboxylic acids is 1. The van der Waals surface area contributed by atoms with E-state index in [2.05, 4.69) is 0 Å². The van der Waals surface area contributed by atoms with Crippen LogP contribution in [0, 0.1) is 11.3 Å². The van der Waals surface area contributed by atoms with Gasteiger partial charge in [-0.3, -0.25) is 4.68 Å². The lowest BCUT2D eigenvalue weighted by atomic mass is 10.1. The Bertz CT molecular complexity index is 1050. The number of methoxy groups -OCH3 is 1. The number of aromatic nitrogens is 2. The molecule has 0 bridgehead atoms. The molecule has 0 aliphatic rings. The van der Waals surface area contributed by atoms with Crippen LogP contribution in [-0.2, 0) is 20.8 Å². The van der Waals surface area contributed by atoms with Crippen LogP contribution < -0.4 is 0 Å². The Hall–Kier alpha value is -3.69. The quantitative estimate of drug-likeness (QED) is 0.323. The third-order valence-corrected chi connectivity index (χ3v) is 4.37. The fourth-order valence-electron chi connectivity index (χ4n) is 3.02. The maximum atomic E-state index is 12.4. The molecule has 0 unspecified atom stereocenters. The summed E-state index contributed by atoms with van der Waals surface area (Å²) in [5.74, 6) is -0.683. The number of hydrogen-bond acceptors (Lipinski definition) is 5. The molecule has 0 amide bonds. The zero-order chi connectivity index (χ0) is 21.3. The zero-order valence-corrected chi connectivity index (χ0v) is 17.0. The number of rotatable bonds is 8. The standard InChI is InChI=1S/C24H23N3O3/c1-18(17-29-2)30-24(28)21(14-25)13-22-16-27(15-19-9-5-3-6-10-19)26-23(22)20-11-7-4-8-12-20/h3-13,16,18H,15,17H2,1-2H3/b21-13+/t18-/m1/s1. The SMILES string of the molecule is COC[C@@H](C)OC(=O)/C(C#N)=C/c1cn(Cc2ccccc2)nc1-c1ccccc1. The highest BCUT2D eigenvalue weighted by Gasteiger charge is 2.17. The van der Waals surface area contributed by atoms with Gasteiger partial charge in [0.2, 0.25) is 0 Å². The molecule has 0 saturated carbocycles. The summed E-state index contributed by atoms with van der Waals surface area (Å²) in [5.41, 5.74) is 3.27. The average Bonchev–Trinajstić information content (AvgIpc) is 3.15. The van der Waals surface area contributed by atoms with Gasteiger partial charge in [0.05, 0.1) is 18.8 Å². The summed E-state index contributed by atoms with van der Waals surface area (Å²) in [6.07, 6.45) is 2.91. The molecule has 3 rings (SSSR count). The lowest BCUT2D eigenvalue weighted by Gasteiger charge is -2.11. The van der Waals surface area contributed by atoms with E-state index in [4.69, 9.17) is 14.6 Å². The Morgan fingerprint density at radius 1 is 1.17 bits per heavy atom. The van der Waals surface area contributed by atoms with Gasteiger partial charge >= 0.3 is 5.97 Å². The van der Waals surface area contributed by atoms with E-state index in [0.717, 1.165) is 11.1 Å². The van der Waals surface area contributed by atoms with Crippen LogP contribution in [0.5, 0.6) is 0 Å². The van der Waals surface area contributed by atoms with Crippen molar-refractivity contribution in [2.75, 3.05) is 13.7 Å². The predicted octanol–water partition coefficient (Wildman–Crippen LogP) is 4.08. The second-order valence-corrected chi connectivity index (χ2v) is 6.82. The summed E-state index contributed by atoms with van der Waals surface area (Å²) in [7, 11) is 1.53. The highest BCUT2D eigenvalue weighted by molar-refractivity contribution is 5.98. The average molecular weight is 401 g/mol. The highest BCUT2D eigenvalue weighted by atomic mass is 16.6. The van der Waals surface area contributed by atoms with Crippen molar-refractivity contribution in [3.8, 4) is 17.3 Å². The summed E-state index contributed by atoms with van der Waals surface area (Å²) in [5, 5.41) is 14.2. The van der Waals surface area contributed by atoms with E-state index in [9.17, 15) is 10.1 Å². The fraction of sp³-hybridized carbons (Fsp3) is 0.208. The van der Waals surface area contributed by atoms with Crippen molar-refractivity contribution >= 4 is 12.0 Å². The van der Waals surface area contributed by atoms with Crippen molar-refractivity contribution in [2.24, 2.45) is 0 Å². The molecule has 0 fully saturated rings. The van der Waals surface area contributed by atoms with E-state index in [1.54, 1.807) is 11.6 Å². The molecule has 1 atom stereocenters. The van der Waals surface area contributed by atoms with Crippen LogP contribution >= 0.6 is 0 Å². The fourth-order valence-corrected chi connectivity index (χ4v) is 3.02. The minimum absolute atomic E-state index is 0.0885. The third kappa shape index (κ3) is 5.43. The minimum atomic E-state index is -0.683. The molecule has 0 aliphatic heterocycles. The molecular weight excluding hydrogens is 378 g/mol. The van der Waals surface area contributed by atoms with Crippen LogP contribution in [0.25, 0.3) is 17.3 Å². The van der Waals surface area contributed by atoms with Gasteiger partial charge in [0.15, 0.2) is 0 Å². The van der Waals surface area contributed by atoms with Crippen molar-refractivity contribution in [1.82, 2.24) is 9.78 Å². The van der Waals surface area contributed by atoms with Crippen LogP contribution in [-0.4, -0.2) is 35.6 Å². The van der Waals surface area contributed by atoms with Gasteiger partial charge in [-0.15, -0.1) is 0 Å². The van der Waals surface area contributed by atoms with Gasteiger partial charge in [0, 0.05) is 24.4 Å². The van der Waals surface area contributed by atoms with E-state index in [1.165, 1.54) is 13.2 Å². The topological polar surface area (TPSA) is 77.1 Å². The van der Waals surface area contributed by atoms with Crippen LogP contribution in [0.4, 0.5) is 0 Å². The first kappa shape index (κ1) is 21.0. The molecule has 1 aromatic heterocycles. The molecule has 152 valence electrons. The number of nitriles is 1. The molecule has 0 radical (unpaired) electrons. The Labute approximate surface area is 176 Å². The van der Waals surface area contributed by atoms with Crippen LogP contribution in [0.2, 0.25) is 0 Å². The zero-order valence-electron chi connectivity index (χ0n) is 17.0. The highest BCUT2D eigenvalue weighted by Crippen LogP contribution is 2.25. The number of ether oxygens (including phenoxy) is 2. The first-order valence-corrected chi connectivity index (χ1v) is 9.59. The Kier molecular flexibility index (Phi) is 7.14. The summed E-state index contributed by atoms with van der Waals surface area (Å²) in [6, 6.07) is 21.6. The monoisotopic (exact) mass is 401 g/mol. The largest absolute Gasteiger partial charge is 0.456 e. The summed E-state index contributed by atoms with van der Waals surface area (Å²) >= 11 is 0. The van der Waals surface area contributed by atoms with Crippen molar-refractivity contribution in [3.05, 3.63) is 83.6 Å². The van der Waals surface area contributed by atoms with Gasteiger partial charge in [-0.1, -0.05) is 60.7 Å². The third-order valence-electron chi connectivity index (χ3n) is 4.37. The predicted molar refractivity (Wildman–Crippen MR) is 114 cm³/mol. The molecule has 0 aliphatic carbocycles. The minimum Gasteiger partial charge on any atom is -0.456 e. The maximum absolute atomic E-state index is 12.4. The number of esters is 1. The molecule has 2 aromatic carbocycles. The number of nitrogens with zero attached hydrogens (tertiary/aromatic N) is 3. The lowest BCUT2D eigenvalue weighted by molar-refractivity contribution is -0.145. The van der Waals surface area contributed by atoms with Gasteiger partial charge in [-0.25, -0.2) is 4.79 Å². The van der Waals surface area contributed by atoms with Gasteiger partial charge < -0.3 is 9.47 Å². The Morgan fingerprint density at radius 3 is 2.47 bits per heavy atom. The first-order valence-electron chi connectivity index (χ1n) is 9.59. The first-order chi connectivity index (χ1) is 14.6. The summed E-state index contributed by atoms with van der Waals surface area (Å²) in [4.78, 5) is 12.4. The molecular formula is C24H23N3O3. The van der Waals surface area contributed by atoms with Crippen LogP contribution in [0.3, 0.4) is 0 Å². The maximum Gasteiger partial charge on any atom is 0.349 e. The van der Waals surface area contributed by atoms with E-state index in [-0.39, 0.29) is 12.2 Å². The normalized spacial score (nSPS) is 12.2. The molecule has 0 spiro atoms. The molecule has 0 N–H and O–H groups in total. The van der Waals surface area contributed by atoms with Crippen LogP contribution in [0.1, 0.15) is 18.1 Å². The second kappa shape index (κ2) is 10.2. The summed E-state index contributed by atoms with van der Waals surface area (Å²) in [6.45, 7) is 2.55. The number of benzene rings is 2. The Morgan fingerprint density at radius 2 is 1.83 bits per heavy atom. The molecule has 3 aromatic rings. The van der Waals surface area contributed by atoms with Crippen molar-refractivity contribution in [2.45, 2.75) is 19.6 Å². The second-order valence-electron chi connectivity index (χ2n) is 6.82. The van der Waals surface area contributed by atoms with Crippen molar-refractivity contribution in [1.29, 1.82) is 5.26 Å². The Balaban J connectivity index is 1.96. The molecule has 1 heterocycles. The van der Waals surface area contributed by atoms with E-state index in [0.29, 0.717) is 17.8 Å². The van der Waals surface area contributed by atoms with E-state index >= 15 is 0 Å². The summed E-state index contributed by atoms with van der Waals surface area (Å²) < 4.78 is 12.1. The van der Waals surface area contributed by atoms with Crippen molar-refractivity contribution in [3.63, 3.8) is 0 Å². The van der Waals surface area contributed by atoms with E-state index < -0.39 is 12.1 Å². The van der Waals surface area contributed by atoms with Crippen molar-refractivity contribution < 1.29 is 14.3 Å². The number of hydrogen-bond donors (Lipinski definition) is 0. The molecule has 0 saturated heterocycles. The van der Waals surface area contributed by atoms with Gasteiger partial charge in [0.25, 0.3) is 0 Å². The van der Waals surface area contributed by atoms with Gasteiger partial charge in [-0.2, -0.15) is 10.4 Å². The smallest absolute Gasteiger partial charge is 0.349 e. The van der Waals surface area contributed by atoms with Crippen LogP contribution in [0.15, 0.2) is 72.4 Å². The van der Waals surface area contributed by atoms with Gasteiger partial charge in [-0.05, 0) is 18.6 Å². The van der Waals surface area contributed by atoms with Gasteiger partial charge in [0.1, 0.15) is 17.7 Å². The molecule has 30 heavy (non-hydrogen) atoms. The van der Waals surface area contributed by atoms with E-state index in [1.807, 2.05) is 72.9 Å². The lowest BCUT2D eigenvalue weighted by Crippen LogP contribution is -2.20. The molecule has 6 nitrogen and oxygen atoms in total. The number of carbonyl (C=O) groups is 1.